The molecule has 0 bridgehead atoms. The number of benzene rings is 1. The number of amides is 1. The first-order valence-electron chi connectivity index (χ1n) is 9.86. The number of aromatic nitrogens is 1. The summed E-state index contributed by atoms with van der Waals surface area (Å²) in [5.74, 6) is -1.94. The summed E-state index contributed by atoms with van der Waals surface area (Å²) in [7, 11) is 3.88. The van der Waals surface area contributed by atoms with Crippen LogP contribution in [0, 0.1) is 13.8 Å². The van der Waals surface area contributed by atoms with E-state index in [-0.39, 0.29) is 22.6 Å². The number of likely N-dealkylation sites (tertiary alicyclic amines) is 1. The Morgan fingerprint density at radius 1 is 1.20 bits per heavy atom. The summed E-state index contributed by atoms with van der Waals surface area (Å²) in [5, 5.41) is 21.5. The molecule has 1 aromatic heterocycles. The number of phenolic OH excluding ortho intramolecular Hbond substituents is 1. The molecule has 0 radical (unpaired) electrons. The van der Waals surface area contributed by atoms with E-state index in [1.165, 1.54) is 11.0 Å². The number of hydrogen-bond donors (Lipinski definition) is 2. The van der Waals surface area contributed by atoms with E-state index in [9.17, 15) is 19.8 Å². The third-order valence-electron chi connectivity index (χ3n) is 5.41. The first-order valence-corrected chi connectivity index (χ1v) is 9.86. The monoisotopic (exact) mass is 409 g/mol. The van der Waals surface area contributed by atoms with Crippen LogP contribution in [0.5, 0.6) is 5.75 Å². The van der Waals surface area contributed by atoms with Crippen molar-refractivity contribution in [2.24, 2.45) is 0 Å². The summed E-state index contributed by atoms with van der Waals surface area (Å²) in [5.41, 5.74) is 2.45. The van der Waals surface area contributed by atoms with Crippen LogP contribution in [0.3, 0.4) is 0 Å². The van der Waals surface area contributed by atoms with Crippen molar-refractivity contribution in [2.75, 3.05) is 27.2 Å². The second kappa shape index (κ2) is 8.67. The van der Waals surface area contributed by atoms with Gasteiger partial charge >= 0.3 is 0 Å². The van der Waals surface area contributed by atoms with Gasteiger partial charge in [-0.2, -0.15) is 0 Å². The van der Waals surface area contributed by atoms with Gasteiger partial charge in [-0.1, -0.05) is 6.07 Å². The third-order valence-corrected chi connectivity index (χ3v) is 5.41. The molecule has 2 heterocycles. The Hall–Kier alpha value is -3.19. The minimum Gasteiger partial charge on any atom is -0.507 e. The zero-order valence-corrected chi connectivity index (χ0v) is 17.7. The molecule has 1 atom stereocenters. The van der Waals surface area contributed by atoms with Gasteiger partial charge in [-0.25, -0.2) is 0 Å². The summed E-state index contributed by atoms with van der Waals surface area (Å²) in [6, 6.07) is 5.90. The lowest BCUT2D eigenvalue weighted by Crippen LogP contribution is -2.32. The van der Waals surface area contributed by atoms with Gasteiger partial charge in [0.2, 0.25) is 0 Å². The van der Waals surface area contributed by atoms with Crippen LogP contribution in [0.2, 0.25) is 0 Å². The Kier molecular flexibility index (Phi) is 6.22. The molecular formula is C23H27N3O4. The van der Waals surface area contributed by atoms with Gasteiger partial charge in [0.1, 0.15) is 11.5 Å². The molecule has 1 aliphatic heterocycles. The zero-order chi connectivity index (χ0) is 22.0. The average Bonchev–Trinajstić information content (AvgIpc) is 2.95. The molecule has 3 rings (SSSR count). The molecule has 1 fully saturated rings. The highest BCUT2D eigenvalue weighted by Gasteiger charge is 2.46. The van der Waals surface area contributed by atoms with Gasteiger partial charge in [-0.3, -0.25) is 14.6 Å². The van der Waals surface area contributed by atoms with Gasteiger partial charge in [0.25, 0.3) is 11.7 Å². The second-order valence-corrected chi connectivity index (χ2v) is 7.89. The Labute approximate surface area is 176 Å². The van der Waals surface area contributed by atoms with Crippen molar-refractivity contribution in [3.05, 3.63) is 64.5 Å². The van der Waals surface area contributed by atoms with Crippen molar-refractivity contribution >= 4 is 17.4 Å². The Morgan fingerprint density at radius 3 is 2.53 bits per heavy atom. The lowest BCUT2D eigenvalue weighted by Gasteiger charge is -2.25. The summed E-state index contributed by atoms with van der Waals surface area (Å²) >= 11 is 0. The van der Waals surface area contributed by atoms with Gasteiger partial charge in [-0.15, -0.1) is 0 Å². The van der Waals surface area contributed by atoms with E-state index in [2.05, 4.69) is 4.98 Å². The highest BCUT2D eigenvalue weighted by Crippen LogP contribution is 2.41. The summed E-state index contributed by atoms with van der Waals surface area (Å²) in [6.07, 6.45) is 3.87. The highest BCUT2D eigenvalue weighted by atomic mass is 16.3. The van der Waals surface area contributed by atoms with Crippen LogP contribution in [0.25, 0.3) is 5.76 Å². The Morgan fingerprint density at radius 2 is 1.90 bits per heavy atom. The number of ketones is 1. The van der Waals surface area contributed by atoms with Crippen LogP contribution in [-0.4, -0.2) is 63.9 Å². The van der Waals surface area contributed by atoms with Crippen molar-refractivity contribution in [1.29, 1.82) is 0 Å². The molecule has 1 amide bonds. The first kappa shape index (κ1) is 21.5. The van der Waals surface area contributed by atoms with Crippen LogP contribution in [-0.2, 0) is 9.59 Å². The predicted molar refractivity (Wildman–Crippen MR) is 114 cm³/mol. The van der Waals surface area contributed by atoms with E-state index in [0.29, 0.717) is 18.5 Å². The van der Waals surface area contributed by atoms with E-state index in [1.54, 1.807) is 30.6 Å². The second-order valence-electron chi connectivity index (χ2n) is 7.89. The molecule has 2 N–H and O–H groups in total. The number of Topliss-reactive ketones (excluding diaryl/α,β-unsaturated/α-hetero) is 1. The van der Waals surface area contributed by atoms with E-state index >= 15 is 0 Å². The number of carbonyl (C=O) groups excluding carboxylic acids is 2. The van der Waals surface area contributed by atoms with Crippen LogP contribution in [0.15, 0.2) is 42.2 Å². The number of carbonyl (C=O) groups is 2. The minimum absolute atomic E-state index is 0.0311. The van der Waals surface area contributed by atoms with Crippen molar-refractivity contribution in [2.45, 2.75) is 26.3 Å². The van der Waals surface area contributed by atoms with E-state index in [4.69, 9.17) is 0 Å². The van der Waals surface area contributed by atoms with E-state index in [1.807, 2.05) is 32.8 Å². The molecule has 1 aliphatic rings. The number of aliphatic hydroxyl groups excluding tert-OH is 1. The van der Waals surface area contributed by atoms with Gasteiger partial charge < -0.3 is 20.0 Å². The summed E-state index contributed by atoms with van der Waals surface area (Å²) in [6.45, 7) is 4.81. The van der Waals surface area contributed by atoms with Gasteiger partial charge in [0.05, 0.1) is 17.2 Å². The normalized spacial score (nSPS) is 18.4. The molecule has 7 heteroatoms. The summed E-state index contributed by atoms with van der Waals surface area (Å²) in [4.78, 5) is 33.4. The van der Waals surface area contributed by atoms with Crippen molar-refractivity contribution in [3.8, 4) is 5.75 Å². The average molecular weight is 409 g/mol. The maximum absolute atomic E-state index is 13.0. The number of aromatic hydroxyl groups is 1. The highest BCUT2D eigenvalue weighted by molar-refractivity contribution is 6.46. The molecule has 0 aliphatic carbocycles. The SMILES string of the molecule is Cc1cc(O)c(/C(O)=C2\C(=O)C(=O)N(CCCN(C)C)C2c2cccnc2)cc1C. The molecule has 7 nitrogen and oxygen atoms in total. The predicted octanol–water partition coefficient (Wildman–Crippen LogP) is 2.78. The quantitative estimate of drug-likeness (QED) is 0.433. The molecule has 1 unspecified atom stereocenters. The zero-order valence-electron chi connectivity index (χ0n) is 17.7. The fourth-order valence-electron chi connectivity index (χ4n) is 3.69. The van der Waals surface area contributed by atoms with E-state index < -0.39 is 17.7 Å². The fourth-order valence-corrected chi connectivity index (χ4v) is 3.69. The number of pyridine rings is 1. The third kappa shape index (κ3) is 4.07. The van der Waals surface area contributed by atoms with Crippen LogP contribution < -0.4 is 0 Å². The number of hydrogen-bond acceptors (Lipinski definition) is 6. The minimum atomic E-state index is -0.762. The maximum atomic E-state index is 13.0. The van der Waals surface area contributed by atoms with Crippen molar-refractivity contribution in [1.82, 2.24) is 14.8 Å². The van der Waals surface area contributed by atoms with Gasteiger partial charge in [0, 0.05) is 18.9 Å². The lowest BCUT2D eigenvalue weighted by molar-refractivity contribution is -0.139. The molecule has 158 valence electrons. The number of aryl methyl sites for hydroxylation is 2. The molecule has 0 saturated carbocycles. The first-order chi connectivity index (χ1) is 14.2. The Bertz CT molecular complexity index is 999. The van der Waals surface area contributed by atoms with Crippen LogP contribution in [0.1, 0.15) is 34.7 Å². The fraction of sp³-hybridized carbons (Fsp3) is 0.348. The molecule has 30 heavy (non-hydrogen) atoms. The standard InChI is InChI=1S/C23H27N3O4/c1-14-11-17(18(27)12-15(14)2)21(28)19-20(16-7-5-8-24-13-16)26(23(30)22(19)29)10-6-9-25(3)4/h5,7-8,11-13,20,27-28H,6,9-10H2,1-4H3/b21-19+. The topological polar surface area (TPSA) is 94.0 Å². The van der Waals surface area contributed by atoms with E-state index in [0.717, 1.165) is 17.7 Å². The molecule has 1 saturated heterocycles. The molecule has 1 aromatic carbocycles. The maximum Gasteiger partial charge on any atom is 0.295 e. The molecule has 0 spiro atoms. The van der Waals surface area contributed by atoms with Crippen LogP contribution in [0.4, 0.5) is 0 Å². The van der Waals surface area contributed by atoms with Gasteiger partial charge in [-0.05, 0) is 75.8 Å². The number of phenols is 1. The summed E-state index contributed by atoms with van der Waals surface area (Å²) < 4.78 is 0. The van der Waals surface area contributed by atoms with Crippen LogP contribution >= 0.6 is 0 Å². The smallest absolute Gasteiger partial charge is 0.295 e. The number of rotatable bonds is 6. The Balaban J connectivity index is 2.13. The molecule has 2 aromatic rings. The van der Waals surface area contributed by atoms with Crippen molar-refractivity contribution < 1.29 is 19.8 Å². The van der Waals surface area contributed by atoms with Gasteiger partial charge in [0.15, 0.2) is 0 Å². The largest absolute Gasteiger partial charge is 0.507 e. The van der Waals surface area contributed by atoms with Crippen molar-refractivity contribution in [3.63, 3.8) is 0 Å². The molecular weight excluding hydrogens is 382 g/mol. The number of aliphatic hydroxyl groups is 1. The lowest BCUT2D eigenvalue weighted by atomic mass is 9.94. The number of nitrogens with zero attached hydrogens (tertiary/aromatic N) is 3.